The summed E-state index contributed by atoms with van der Waals surface area (Å²) in [6.45, 7) is 4.17. The summed E-state index contributed by atoms with van der Waals surface area (Å²) < 4.78 is 0. The zero-order chi connectivity index (χ0) is 12.8. The van der Waals surface area contributed by atoms with Gasteiger partial charge < -0.3 is 15.7 Å². The summed E-state index contributed by atoms with van der Waals surface area (Å²) in [6.07, 6.45) is 4.80. The van der Waals surface area contributed by atoms with Crippen LogP contribution in [0.5, 0.6) is 0 Å². The molecule has 1 atom stereocenters. The lowest BCUT2D eigenvalue weighted by Crippen LogP contribution is -2.48. The monoisotopic (exact) mass is 242 g/mol. The molecule has 0 bridgehead atoms. The van der Waals surface area contributed by atoms with Gasteiger partial charge in [0.1, 0.15) is 6.04 Å². The van der Waals surface area contributed by atoms with Crippen LogP contribution in [0.25, 0.3) is 0 Å². The summed E-state index contributed by atoms with van der Waals surface area (Å²) in [5, 5.41) is 14.1. The fourth-order valence-corrected chi connectivity index (χ4v) is 1.88. The molecule has 5 heteroatoms. The molecular weight excluding hydrogens is 220 g/mol. The van der Waals surface area contributed by atoms with E-state index >= 15 is 0 Å². The van der Waals surface area contributed by atoms with E-state index in [2.05, 4.69) is 10.6 Å². The Kier molecular flexibility index (Phi) is 5.25. The molecule has 1 rings (SSSR count). The van der Waals surface area contributed by atoms with Gasteiger partial charge in [-0.15, -0.1) is 0 Å². The lowest BCUT2D eigenvalue weighted by atomic mass is 9.83. The van der Waals surface area contributed by atoms with Gasteiger partial charge in [-0.05, 0) is 18.3 Å². The molecular formula is C12H22N2O3. The standard InChI is InChI=1S/C12H22N2O3/c1-8(2)10(11(15)16)14-12(17)13-7-6-9-4-3-5-9/h8-10H,3-7H2,1-2H3,(H,15,16)(H2,13,14,17). The number of carboxylic acids is 1. The Hall–Kier alpha value is -1.26. The van der Waals surface area contributed by atoms with E-state index in [1.54, 1.807) is 13.8 Å². The molecule has 1 unspecified atom stereocenters. The van der Waals surface area contributed by atoms with Gasteiger partial charge in [-0.25, -0.2) is 9.59 Å². The minimum atomic E-state index is -0.992. The van der Waals surface area contributed by atoms with Crippen molar-refractivity contribution < 1.29 is 14.7 Å². The lowest BCUT2D eigenvalue weighted by molar-refractivity contribution is -0.140. The van der Waals surface area contributed by atoms with Gasteiger partial charge >= 0.3 is 12.0 Å². The summed E-state index contributed by atoms with van der Waals surface area (Å²) >= 11 is 0. The van der Waals surface area contributed by atoms with Crippen LogP contribution in [0.1, 0.15) is 39.5 Å². The van der Waals surface area contributed by atoms with Crippen LogP contribution in [0.3, 0.4) is 0 Å². The molecule has 1 aliphatic rings. The van der Waals surface area contributed by atoms with E-state index < -0.39 is 12.0 Å². The number of carboxylic acid groups (broad SMARTS) is 1. The van der Waals surface area contributed by atoms with Gasteiger partial charge in [0.25, 0.3) is 0 Å². The van der Waals surface area contributed by atoms with E-state index in [0.29, 0.717) is 6.54 Å². The number of nitrogens with one attached hydrogen (secondary N) is 2. The molecule has 3 N–H and O–H groups in total. The van der Waals surface area contributed by atoms with Crippen LogP contribution >= 0.6 is 0 Å². The minimum absolute atomic E-state index is 0.120. The first-order valence-electron chi connectivity index (χ1n) is 6.28. The predicted molar refractivity (Wildman–Crippen MR) is 64.8 cm³/mol. The normalized spacial score (nSPS) is 17.4. The van der Waals surface area contributed by atoms with Gasteiger partial charge in [0, 0.05) is 6.54 Å². The average Bonchev–Trinajstić information content (AvgIpc) is 2.17. The maximum atomic E-state index is 11.5. The van der Waals surface area contributed by atoms with Gasteiger partial charge in [0.2, 0.25) is 0 Å². The Morgan fingerprint density at radius 2 is 2.00 bits per heavy atom. The zero-order valence-electron chi connectivity index (χ0n) is 10.5. The molecule has 0 saturated heterocycles. The van der Waals surface area contributed by atoms with Crippen LogP contribution in [-0.2, 0) is 4.79 Å². The van der Waals surface area contributed by atoms with Crippen LogP contribution in [-0.4, -0.2) is 29.7 Å². The van der Waals surface area contributed by atoms with Crippen molar-refractivity contribution in [3.05, 3.63) is 0 Å². The Bertz CT molecular complexity index is 275. The highest BCUT2D eigenvalue weighted by molar-refractivity contribution is 5.82. The van der Waals surface area contributed by atoms with Crippen molar-refractivity contribution in [2.24, 2.45) is 11.8 Å². The molecule has 0 aromatic carbocycles. The topological polar surface area (TPSA) is 78.4 Å². The van der Waals surface area contributed by atoms with Gasteiger partial charge in [0.05, 0.1) is 0 Å². The molecule has 1 saturated carbocycles. The third kappa shape index (κ3) is 4.63. The molecule has 1 fully saturated rings. The third-order valence-electron chi connectivity index (χ3n) is 3.28. The van der Waals surface area contributed by atoms with E-state index in [9.17, 15) is 9.59 Å². The average molecular weight is 242 g/mol. The first-order valence-corrected chi connectivity index (χ1v) is 6.28. The SMILES string of the molecule is CC(C)C(NC(=O)NCCC1CCC1)C(=O)O. The van der Waals surface area contributed by atoms with Crippen molar-refractivity contribution in [3.8, 4) is 0 Å². The van der Waals surface area contributed by atoms with E-state index in [-0.39, 0.29) is 11.9 Å². The summed E-state index contributed by atoms with van der Waals surface area (Å²) in [7, 11) is 0. The molecule has 0 aliphatic heterocycles. The zero-order valence-corrected chi connectivity index (χ0v) is 10.5. The largest absolute Gasteiger partial charge is 0.480 e. The van der Waals surface area contributed by atoms with Crippen LogP contribution in [0.2, 0.25) is 0 Å². The van der Waals surface area contributed by atoms with Crippen molar-refractivity contribution >= 4 is 12.0 Å². The summed E-state index contributed by atoms with van der Waals surface area (Å²) in [5.41, 5.74) is 0. The third-order valence-corrected chi connectivity index (χ3v) is 3.28. The smallest absolute Gasteiger partial charge is 0.326 e. The van der Waals surface area contributed by atoms with Crippen LogP contribution in [0.4, 0.5) is 4.79 Å². The molecule has 1 aliphatic carbocycles. The van der Waals surface area contributed by atoms with E-state index in [4.69, 9.17) is 5.11 Å². The second kappa shape index (κ2) is 6.47. The molecule has 0 aromatic rings. The fourth-order valence-electron chi connectivity index (χ4n) is 1.88. The molecule has 0 heterocycles. The first-order chi connectivity index (χ1) is 8.00. The van der Waals surface area contributed by atoms with Crippen LogP contribution < -0.4 is 10.6 Å². The lowest BCUT2D eigenvalue weighted by Gasteiger charge is -2.25. The Labute approximate surface area is 102 Å². The number of rotatable bonds is 6. The fraction of sp³-hybridized carbons (Fsp3) is 0.833. The number of hydrogen-bond donors (Lipinski definition) is 3. The van der Waals surface area contributed by atoms with Gasteiger partial charge in [-0.3, -0.25) is 0 Å². The van der Waals surface area contributed by atoms with Crippen molar-refractivity contribution in [2.75, 3.05) is 6.54 Å². The molecule has 2 amide bonds. The molecule has 98 valence electrons. The van der Waals surface area contributed by atoms with Crippen molar-refractivity contribution in [1.29, 1.82) is 0 Å². The van der Waals surface area contributed by atoms with Crippen molar-refractivity contribution in [2.45, 2.75) is 45.6 Å². The molecule has 5 nitrogen and oxygen atoms in total. The number of carbonyl (C=O) groups is 2. The summed E-state index contributed by atoms with van der Waals surface area (Å²) in [6, 6.07) is -1.20. The second-order valence-electron chi connectivity index (χ2n) is 5.05. The van der Waals surface area contributed by atoms with Gasteiger partial charge in [-0.2, -0.15) is 0 Å². The molecule has 17 heavy (non-hydrogen) atoms. The van der Waals surface area contributed by atoms with Crippen molar-refractivity contribution in [3.63, 3.8) is 0 Å². The number of amides is 2. The Morgan fingerprint density at radius 1 is 1.35 bits per heavy atom. The number of urea groups is 1. The van der Waals surface area contributed by atoms with Gasteiger partial charge in [0.15, 0.2) is 0 Å². The maximum Gasteiger partial charge on any atom is 0.326 e. The predicted octanol–water partition coefficient (Wildman–Crippen LogP) is 1.58. The molecule has 0 aromatic heterocycles. The van der Waals surface area contributed by atoms with E-state index in [0.717, 1.165) is 12.3 Å². The number of hydrogen-bond acceptors (Lipinski definition) is 2. The minimum Gasteiger partial charge on any atom is -0.480 e. The van der Waals surface area contributed by atoms with E-state index in [1.165, 1.54) is 19.3 Å². The molecule has 0 spiro atoms. The van der Waals surface area contributed by atoms with Crippen molar-refractivity contribution in [1.82, 2.24) is 10.6 Å². The number of carbonyl (C=O) groups excluding carboxylic acids is 1. The highest BCUT2D eigenvalue weighted by Gasteiger charge is 2.23. The summed E-state index contributed by atoms with van der Waals surface area (Å²) in [4.78, 5) is 22.3. The highest BCUT2D eigenvalue weighted by Crippen LogP contribution is 2.28. The maximum absolute atomic E-state index is 11.5. The highest BCUT2D eigenvalue weighted by atomic mass is 16.4. The summed E-state index contributed by atoms with van der Waals surface area (Å²) in [5.74, 6) is -0.366. The van der Waals surface area contributed by atoms with Crippen LogP contribution in [0, 0.1) is 11.8 Å². The molecule has 0 radical (unpaired) electrons. The quantitative estimate of drug-likeness (QED) is 0.661. The second-order valence-corrected chi connectivity index (χ2v) is 5.05. The first kappa shape index (κ1) is 13.8. The Morgan fingerprint density at radius 3 is 2.41 bits per heavy atom. The Balaban J connectivity index is 2.19. The van der Waals surface area contributed by atoms with Gasteiger partial charge in [-0.1, -0.05) is 33.1 Å². The van der Waals surface area contributed by atoms with Crippen LogP contribution in [0.15, 0.2) is 0 Å². The number of aliphatic carboxylic acids is 1. The van der Waals surface area contributed by atoms with E-state index in [1.807, 2.05) is 0 Å².